The van der Waals surface area contributed by atoms with Crippen LogP contribution < -0.4 is 4.74 Å². The zero-order valence-electron chi connectivity index (χ0n) is 9.55. The molecule has 0 heterocycles. The van der Waals surface area contributed by atoms with E-state index in [4.69, 9.17) is 21.6 Å². The smallest absolute Gasteiger partial charge is 0.163 e. The van der Waals surface area contributed by atoms with Crippen molar-refractivity contribution in [3.8, 4) is 11.8 Å². The first-order valence-corrected chi connectivity index (χ1v) is 5.98. The van der Waals surface area contributed by atoms with Crippen LogP contribution >= 0.6 is 11.6 Å². The van der Waals surface area contributed by atoms with Crippen LogP contribution in [0.2, 0.25) is 5.02 Å². The van der Waals surface area contributed by atoms with E-state index in [2.05, 4.69) is 0 Å². The lowest BCUT2D eigenvalue weighted by Crippen LogP contribution is -2.13. The van der Waals surface area contributed by atoms with E-state index in [0.717, 1.165) is 18.4 Å². The van der Waals surface area contributed by atoms with Gasteiger partial charge in [-0.25, -0.2) is 0 Å². The summed E-state index contributed by atoms with van der Waals surface area (Å²) in [5, 5.41) is 9.48. The molecule has 0 amide bonds. The van der Waals surface area contributed by atoms with Crippen molar-refractivity contribution in [3.63, 3.8) is 0 Å². The number of nitrogens with zero attached hydrogens (tertiary/aromatic N) is 1. The molecule has 0 N–H and O–H groups in total. The number of benzene rings is 1. The molecule has 0 saturated carbocycles. The van der Waals surface area contributed by atoms with Crippen LogP contribution in [0.5, 0.6) is 5.75 Å². The number of hydrogen-bond acceptors (Lipinski definition) is 3. The number of ketones is 1. The Kier molecular flexibility index (Phi) is 3.35. The summed E-state index contributed by atoms with van der Waals surface area (Å²) < 4.78 is 5.39. The lowest BCUT2D eigenvalue weighted by molar-refractivity contribution is 0.0972. The zero-order chi connectivity index (χ0) is 12.4. The topological polar surface area (TPSA) is 50.1 Å². The Bertz CT molecular complexity index is 517. The molecule has 0 aromatic heterocycles. The number of hydrogen-bond donors (Lipinski definition) is 0. The summed E-state index contributed by atoms with van der Waals surface area (Å²) in [4.78, 5) is 11.8. The van der Waals surface area contributed by atoms with Crippen molar-refractivity contribution < 1.29 is 9.53 Å². The first-order chi connectivity index (χ1) is 8.19. The van der Waals surface area contributed by atoms with Gasteiger partial charge in [0.1, 0.15) is 6.07 Å². The number of fused-ring (bicyclic) bond motifs is 1. The number of rotatable bonds is 2. The maximum atomic E-state index is 11.8. The van der Waals surface area contributed by atoms with Gasteiger partial charge in [-0.3, -0.25) is 4.79 Å². The lowest BCUT2D eigenvalue weighted by atomic mass is 9.89. The molecule has 2 rings (SSSR count). The molecule has 0 radical (unpaired) electrons. The van der Waals surface area contributed by atoms with E-state index in [1.54, 1.807) is 6.07 Å². The Morgan fingerprint density at radius 3 is 2.94 bits per heavy atom. The number of Topliss-reactive ketones (excluding diaryl/α,β-unsaturated/α-hetero) is 1. The predicted molar refractivity (Wildman–Crippen MR) is 64.6 cm³/mol. The van der Waals surface area contributed by atoms with Gasteiger partial charge < -0.3 is 4.74 Å². The van der Waals surface area contributed by atoms with Crippen molar-refractivity contribution >= 4 is 17.4 Å². The van der Waals surface area contributed by atoms with Gasteiger partial charge in [0, 0.05) is 12.0 Å². The molecule has 0 unspecified atom stereocenters. The monoisotopic (exact) mass is 249 g/mol. The van der Waals surface area contributed by atoms with E-state index in [9.17, 15) is 4.79 Å². The van der Waals surface area contributed by atoms with E-state index >= 15 is 0 Å². The van der Waals surface area contributed by atoms with Crippen LogP contribution in [0.1, 0.15) is 41.3 Å². The van der Waals surface area contributed by atoms with Gasteiger partial charge in [0.05, 0.1) is 17.2 Å². The van der Waals surface area contributed by atoms with Crippen molar-refractivity contribution in [1.29, 1.82) is 5.26 Å². The van der Waals surface area contributed by atoms with E-state index in [-0.39, 0.29) is 5.78 Å². The molecular formula is C13H12ClNO2. The van der Waals surface area contributed by atoms with Crippen LogP contribution in [0.15, 0.2) is 6.07 Å². The number of carbonyl (C=O) groups is 1. The lowest BCUT2D eigenvalue weighted by Gasteiger charge is -2.19. The molecule has 0 spiro atoms. The van der Waals surface area contributed by atoms with Crippen molar-refractivity contribution in [2.45, 2.75) is 26.2 Å². The third kappa shape index (κ3) is 2.01. The molecular weight excluding hydrogens is 238 g/mol. The molecule has 3 nitrogen and oxygen atoms in total. The van der Waals surface area contributed by atoms with Crippen molar-refractivity contribution in [2.24, 2.45) is 0 Å². The Morgan fingerprint density at radius 1 is 1.53 bits per heavy atom. The van der Waals surface area contributed by atoms with Crippen LogP contribution in [0.4, 0.5) is 0 Å². The van der Waals surface area contributed by atoms with E-state index in [1.165, 1.54) is 0 Å². The van der Waals surface area contributed by atoms with Gasteiger partial charge in [-0.2, -0.15) is 5.26 Å². The minimum Gasteiger partial charge on any atom is -0.491 e. The SMILES string of the molecule is CCOc1c(C#N)cc2c(c1Cl)CCCC2=O. The average molecular weight is 250 g/mol. The maximum absolute atomic E-state index is 11.8. The fraction of sp³-hybridized carbons (Fsp3) is 0.385. The Hall–Kier alpha value is -1.53. The highest BCUT2D eigenvalue weighted by Crippen LogP contribution is 2.37. The van der Waals surface area contributed by atoms with Gasteiger partial charge in [-0.15, -0.1) is 0 Å². The van der Waals surface area contributed by atoms with Gasteiger partial charge >= 0.3 is 0 Å². The van der Waals surface area contributed by atoms with Crippen LogP contribution in [0, 0.1) is 11.3 Å². The normalized spacial score (nSPS) is 14.1. The molecule has 4 heteroatoms. The molecule has 0 saturated heterocycles. The highest BCUT2D eigenvalue weighted by atomic mass is 35.5. The molecule has 0 atom stereocenters. The van der Waals surface area contributed by atoms with Crippen molar-refractivity contribution in [1.82, 2.24) is 0 Å². The third-order valence-corrected chi connectivity index (χ3v) is 3.26. The third-order valence-electron chi connectivity index (χ3n) is 2.86. The number of nitriles is 1. The minimum atomic E-state index is 0.0627. The number of halogens is 1. The fourth-order valence-corrected chi connectivity index (χ4v) is 2.45. The first-order valence-electron chi connectivity index (χ1n) is 5.60. The summed E-state index contributed by atoms with van der Waals surface area (Å²) in [7, 11) is 0. The van der Waals surface area contributed by atoms with Crippen LogP contribution in [0.3, 0.4) is 0 Å². The minimum absolute atomic E-state index is 0.0627. The maximum Gasteiger partial charge on any atom is 0.163 e. The predicted octanol–water partition coefficient (Wildman–Crippen LogP) is 3.13. The number of ether oxygens (including phenoxy) is 1. The second-order valence-corrected chi connectivity index (χ2v) is 4.29. The molecule has 88 valence electrons. The van der Waals surface area contributed by atoms with Crippen molar-refractivity contribution in [2.75, 3.05) is 6.61 Å². The highest BCUT2D eigenvalue weighted by Gasteiger charge is 2.24. The highest BCUT2D eigenvalue weighted by molar-refractivity contribution is 6.33. The summed E-state index contributed by atoms with van der Waals surface area (Å²) in [6.45, 7) is 2.28. The van der Waals surface area contributed by atoms with E-state index < -0.39 is 0 Å². The van der Waals surface area contributed by atoms with Crippen molar-refractivity contribution in [3.05, 3.63) is 27.8 Å². The second kappa shape index (κ2) is 4.77. The molecule has 17 heavy (non-hydrogen) atoms. The van der Waals surface area contributed by atoms with Gasteiger partial charge in [-0.1, -0.05) is 11.6 Å². The quantitative estimate of drug-likeness (QED) is 0.809. The zero-order valence-corrected chi connectivity index (χ0v) is 10.3. The second-order valence-electron chi connectivity index (χ2n) is 3.91. The van der Waals surface area contributed by atoms with Crippen LogP contribution in [-0.2, 0) is 6.42 Å². The van der Waals surface area contributed by atoms with Crippen LogP contribution in [-0.4, -0.2) is 12.4 Å². The molecule has 1 aromatic rings. The van der Waals surface area contributed by atoms with Gasteiger partial charge in [-0.05, 0) is 31.4 Å². The largest absolute Gasteiger partial charge is 0.491 e. The summed E-state index contributed by atoms with van der Waals surface area (Å²) in [5.74, 6) is 0.470. The molecule has 0 bridgehead atoms. The first kappa shape index (κ1) is 11.9. The summed E-state index contributed by atoms with van der Waals surface area (Å²) in [6.07, 6.45) is 2.11. The fourth-order valence-electron chi connectivity index (χ4n) is 2.09. The van der Waals surface area contributed by atoms with E-state index in [0.29, 0.717) is 34.9 Å². The average Bonchev–Trinajstić information content (AvgIpc) is 2.33. The molecule has 1 aromatic carbocycles. The molecule has 1 aliphatic rings. The molecule has 0 aliphatic heterocycles. The molecule has 1 aliphatic carbocycles. The standard InChI is InChI=1S/C13H12ClNO2/c1-2-17-13-8(7-15)6-10-9(12(13)14)4-3-5-11(10)16/h6H,2-5H2,1H3. The Morgan fingerprint density at radius 2 is 2.29 bits per heavy atom. The van der Waals surface area contributed by atoms with Crippen LogP contribution in [0.25, 0.3) is 0 Å². The summed E-state index contributed by atoms with van der Waals surface area (Å²) >= 11 is 6.23. The van der Waals surface area contributed by atoms with Gasteiger partial charge in [0.15, 0.2) is 11.5 Å². The summed E-state index contributed by atoms with van der Waals surface area (Å²) in [5.41, 5.74) is 1.75. The Balaban J connectivity index is 2.64. The number of carbonyl (C=O) groups excluding carboxylic acids is 1. The Labute approximate surface area is 105 Å². The summed E-state index contributed by atoms with van der Waals surface area (Å²) in [6, 6.07) is 3.64. The van der Waals surface area contributed by atoms with Gasteiger partial charge in [0.2, 0.25) is 0 Å². The molecule has 0 fully saturated rings. The van der Waals surface area contributed by atoms with E-state index in [1.807, 2.05) is 13.0 Å². The van der Waals surface area contributed by atoms with Gasteiger partial charge in [0.25, 0.3) is 0 Å².